The van der Waals surface area contributed by atoms with E-state index >= 15 is 0 Å². The first-order chi connectivity index (χ1) is 5.94. The maximum atomic E-state index is 11.0. The molecule has 3 nitrogen and oxygen atoms in total. The summed E-state index contributed by atoms with van der Waals surface area (Å²) >= 11 is 0. The highest BCUT2D eigenvalue weighted by molar-refractivity contribution is 6.36. The Bertz CT molecular complexity index is 192. The van der Waals surface area contributed by atoms with E-state index in [1.54, 1.807) is 0 Å². The molecule has 0 N–H and O–H groups in total. The molecule has 0 aromatic rings. The summed E-state index contributed by atoms with van der Waals surface area (Å²) < 4.78 is 10.5. The van der Waals surface area contributed by atoms with Crippen LogP contribution in [0.1, 0.15) is 20.8 Å². The molecule has 0 aliphatic carbocycles. The number of hydrogen-bond donors (Lipinski definition) is 0. The molecule has 0 aliphatic heterocycles. The minimum atomic E-state index is -0.558. The molecule has 0 heterocycles. The van der Waals surface area contributed by atoms with E-state index in [1.807, 2.05) is 13.8 Å². The molecular formula is C8H18O3Si2. The molecule has 5 heteroatoms. The van der Waals surface area contributed by atoms with Gasteiger partial charge in [0.1, 0.15) is 16.1 Å². The smallest absolute Gasteiger partial charge is 0.330 e. The molecule has 0 aromatic heterocycles. The fourth-order valence-electron chi connectivity index (χ4n) is 0.852. The van der Waals surface area contributed by atoms with Crippen LogP contribution in [0.5, 0.6) is 0 Å². The van der Waals surface area contributed by atoms with Crippen molar-refractivity contribution >= 4 is 26.2 Å². The molecule has 0 aromatic carbocycles. The number of esters is 1. The standard InChI is InChI=1S/C8H18O3Si2/c1-5-7(9)10-8(3,4)6(2)13-11-12/h5-6H,1,13H2,2-4,12H3. The number of hydrogen-bond acceptors (Lipinski definition) is 3. The van der Waals surface area contributed by atoms with Crippen molar-refractivity contribution in [1.82, 2.24) is 0 Å². The van der Waals surface area contributed by atoms with Crippen LogP contribution in [0.4, 0.5) is 0 Å². The largest absolute Gasteiger partial charge is 0.468 e. The van der Waals surface area contributed by atoms with E-state index in [9.17, 15) is 4.79 Å². The minimum absolute atomic E-state index is 0.328. The van der Waals surface area contributed by atoms with E-state index in [4.69, 9.17) is 8.85 Å². The van der Waals surface area contributed by atoms with Gasteiger partial charge in [0.15, 0.2) is 9.76 Å². The second kappa shape index (κ2) is 5.36. The summed E-state index contributed by atoms with van der Waals surface area (Å²) in [5, 5.41) is 0. The summed E-state index contributed by atoms with van der Waals surface area (Å²) in [6, 6.07) is 0. The number of ether oxygens (including phenoxy) is 1. The molecule has 0 spiro atoms. The highest BCUT2D eigenvalue weighted by Gasteiger charge is 2.29. The van der Waals surface area contributed by atoms with Crippen LogP contribution in [-0.2, 0) is 13.6 Å². The van der Waals surface area contributed by atoms with Crippen LogP contribution in [0, 0.1) is 0 Å². The molecule has 0 radical (unpaired) electrons. The molecule has 0 bridgehead atoms. The SMILES string of the molecule is C=CC(=O)OC(C)(C)C(C)[SiH2]O[SiH3]. The lowest BCUT2D eigenvalue weighted by Gasteiger charge is -2.30. The highest BCUT2D eigenvalue weighted by atomic mass is 28.3. The van der Waals surface area contributed by atoms with Crippen molar-refractivity contribution in [2.24, 2.45) is 0 Å². The topological polar surface area (TPSA) is 35.5 Å². The second-order valence-corrected chi connectivity index (χ2v) is 7.45. The average Bonchev–Trinajstić information content (AvgIpc) is 2.04. The summed E-state index contributed by atoms with van der Waals surface area (Å²) in [5.41, 5.74) is -0.101. The Kier molecular flexibility index (Phi) is 5.20. The molecule has 0 rings (SSSR count). The Labute approximate surface area is 85.0 Å². The molecule has 1 unspecified atom stereocenters. The highest BCUT2D eigenvalue weighted by Crippen LogP contribution is 2.25. The summed E-state index contributed by atoms with van der Waals surface area (Å²) in [5.74, 6) is -0.362. The summed E-state index contributed by atoms with van der Waals surface area (Å²) in [4.78, 5) is 11.0. The quantitative estimate of drug-likeness (QED) is 0.361. The van der Waals surface area contributed by atoms with E-state index in [1.165, 1.54) is 6.08 Å². The Balaban J connectivity index is 4.19. The maximum absolute atomic E-state index is 11.0. The monoisotopic (exact) mass is 218 g/mol. The van der Waals surface area contributed by atoms with Gasteiger partial charge in [-0.25, -0.2) is 4.79 Å². The van der Waals surface area contributed by atoms with Gasteiger partial charge in [0, 0.05) is 11.6 Å². The van der Waals surface area contributed by atoms with Crippen LogP contribution in [0.2, 0.25) is 5.54 Å². The first-order valence-corrected chi connectivity index (χ1v) is 6.49. The fourth-order valence-corrected chi connectivity index (χ4v) is 3.34. The third-order valence-corrected chi connectivity index (χ3v) is 4.95. The normalized spacial score (nSPS) is 14.7. The van der Waals surface area contributed by atoms with E-state index in [2.05, 4.69) is 13.5 Å². The minimum Gasteiger partial charge on any atom is -0.468 e. The van der Waals surface area contributed by atoms with Crippen molar-refractivity contribution in [1.29, 1.82) is 0 Å². The predicted octanol–water partition coefficient (Wildman–Crippen LogP) is -0.317. The van der Waals surface area contributed by atoms with Crippen LogP contribution in [-0.4, -0.2) is 31.8 Å². The van der Waals surface area contributed by atoms with Crippen molar-refractivity contribution < 1.29 is 13.6 Å². The first-order valence-electron chi connectivity index (χ1n) is 4.28. The molecule has 0 saturated carbocycles. The summed E-state index contributed by atoms with van der Waals surface area (Å²) in [7, 11) is 0.213. The first kappa shape index (κ1) is 12.6. The zero-order valence-electron chi connectivity index (χ0n) is 8.79. The van der Waals surface area contributed by atoms with Gasteiger partial charge in [-0.15, -0.1) is 0 Å². The van der Waals surface area contributed by atoms with Crippen LogP contribution in [0.15, 0.2) is 12.7 Å². The third kappa shape index (κ3) is 4.40. The van der Waals surface area contributed by atoms with Gasteiger partial charge in [-0.3, -0.25) is 0 Å². The lowest BCUT2D eigenvalue weighted by molar-refractivity contribution is -0.150. The Morgan fingerprint density at radius 3 is 2.62 bits per heavy atom. The Morgan fingerprint density at radius 2 is 2.23 bits per heavy atom. The van der Waals surface area contributed by atoms with Crippen LogP contribution in [0.3, 0.4) is 0 Å². The molecule has 0 fully saturated rings. The molecular weight excluding hydrogens is 200 g/mol. The van der Waals surface area contributed by atoms with Crippen LogP contribution < -0.4 is 0 Å². The maximum Gasteiger partial charge on any atom is 0.330 e. The molecule has 76 valence electrons. The van der Waals surface area contributed by atoms with E-state index in [-0.39, 0.29) is 5.97 Å². The van der Waals surface area contributed by atoms with Crippen LogP contribution >= 0.6 is 0 Å². The number of carbonyl (C=O) groups excluding carboxylic acids is 1. The Hall–Kier alpha value is -0.396. The lowest BCUT2D eigenvalue weighted by Crippen LogP contribution is -2.34. The molecule has 0 amide bonds. The van der Waals surface area contributed by atoms with Gasteiger partial charge in [-0.05, 0) is 13.8 Å². The number of rotatable bonds is 5. The zero-order valence-corrected chi connectivity index (χ0v) is 12.2. The molecule has 13 heavy (non-hydrogen) atoms. The lowest BCUT2D eigenvalue weighted by atomic mass is 10.1. The van der Waals surface area contributed by atoms with Crippen molar-refractivity contribution in [3.63, 3.8) is 0 Å². The van der Waals surface area contributed by atoms with E-state index < -0.39 is 15.4 Å². The second-order valence-electron chi connectivity index (χ2n) is 3.59. The fraction of sp³-hybridized carbons (Fsp3) is 0.625. The van der Waals surface area contributed by atoms with Crippen molar-refractivity contribution in [2.45, 2.75) is 31.9 Å². The predicted molar refractivity (Wildman–Crippen MR) is 59.4 cm³/mol. The third-order valence-electron chi connectivity index (χ3n) is 2.13. The summed E-state index contributed by atoms with van der Waals surface area (Å²) in [6.07, 6.45) is 1.19. The van der Waals surface area contributed by atoms with Crippen LogP contribution in [0.25, 0.3) is 0 Å². The van der Waals surface area contributed by atoms with Crippen molar-refractivity contribution in [3.8, 4) is 0 Å². The molecule has 0 aliphatic rings. The van der Waals surface area contributed by atoms with Gasteiger partial charge in [-0.2, -0.15) is 0 Å². The summed E-state index contributed by atoms with van der Waals surface area (Å²) in [6.45, 7) is 9.24. The Morgan fingerprint density at radius 1 is 1.69 bits per heavy atom. The van der Waals surface area contributed by atoms with Gasteiger partial charge in [-0.1, -0.05) is 13.5 Å². The van der Waals surface area contributed by atoms with Crippen molar-refractivity contribution in [2.75, 3.05) is 0 Å². The van der Waals surface area contributed by atoms with Gasteiger partial charge < -0.3 is 8.85 Å². The van der Waals surface area contributed by atoms with Gasteiger partial charge in [0.05, 0.1) is 0 Å². The van der Waals surface area contributed by atoms with Gasteiger partial charge in [0.2, 0.25) is 0 Å². The van der Waals surface area contributed by atoms with E-state index in [0.717, 1.165) is 10.5 Å². The molecule has 1 atom stereocenters. The zero-order chi connectivity index (χ0) is 10.5. The van der Waals surface area contributed by atoms with E-state index in [0.29, 0.717) is 5.54 Å². The van der Waals surface area contributed by atoms with Crippen molar-refractivity contribution in [3.05, 3.63) is 12.7 Å². The number of carbonyl (C=O) groups is 1. The van der Waals surface area contributed by atoms with Gasteiger partial charge >= 0.3 is 5.97 Å². The van der Waals surface area contributed by atoms with Gasteiger partial charge in [0.25, 0.3) is 0 Å². The average molecular weight is 218 g/mol. The molecule has 0 saturated heterocycles.